The molecule has 0 atom stereocenters. The normalized spacial score (nSPS) is 9.67. The van der Waals surface area contributed by atoms with Crippen molar-refractivity contribution in [3.8, 4) is 0 Å². The van der Waals surface area contributed by atoms with Crippen LogP contribution in [0.4, 0.5) is 8.78 Å². The third kappa shape index (κ3) is 1.45. The van der Waals surface area contributed by atoms with Gasteiger partial charge in [-0.15, -0.1) is 0 Å². The molecule has 1 rings (SSSR count). The zero-order chi connectivity index (χ0) is 6.85. The molecule has 1 aromatic heterocycles. The van der Waals surface area contributed by atoms with E-state index in [9.17, 15) is 8.78 Å². The molecule has 1 aromatic rings. The maximum absolute atomic E-state index is 12.0. The van der Waals surface area contributed by atoms with Crippen LogP contribution in [0.5, 0.6) is 0 Å². The molecule has 1 radical (unpaired) electrons. The molecule has 1 nitrogen and oxygen atoms in total. The SMILES string of the molecule is Fc1c[c]c(Br)nc1F. The van der Waals surface area contributed by atoms with Gasteiger partial charge in [-0.2, -0.15) is 4.39 Å². The number of aromatic nitrogens is 1. The standard InChI is InChI=1S/C5HBrF2N/c6-4-2-1-3(7)5(8)9-4/h1H. The van der Waals surface area contributed by atoms with Crippen LogP contribution in [-0.2, 0) is 0 Å². The summed E-state index contributed by atoms with van der Waals surface area (Å²) in [7, 11) is 0. The van der Waals surface area contributed by atoms with E-state index in [-0.39, 0.29) is 4.60 Å². The van der Waals surface area contributed by atoms with Gasteiger partial charge in [0.2, 0.25) is 5.95 Å². The molecule has 0 aliphatic heterocycles. The fourth-order valence-corrected chi connectivity index (χ4v) is 0.624. The molecule has 0 fully saturated rings. The Labute approximate surface area is 58.8 Å². The van der Waals surface area contributed by atoms with Crippen molar-refractivity contribution >= 4 is 15.9 Å². The molecule has 0 saturated carbocycles. The van der Waals surface area contributed by atoms with E-state index in [1.54, 1.807) is 0 Å². The summed E-state index contributed by atoms with van der Waals surface area (Å²) in [5, 5.41) is 0. The van der Waals surface area contributed by atoms with E-state index in [1.807, 2.05) is 0 Å². The van der Waals surface area contributed by atoms with Crippen molar-refractivity contribution in [2.24, 2.45) is 0 Å². The molecule has 4 heteroatoms. The van der Waals surface area contributed by atoms with Gasteiger partial charge in [-0.3, -0.25) is 0 Å². The molecule has 0 amide bonds. The van der Waals surface area contributed by atoms with Gasteiger partial charge in [-0.25, -0.2) is 9.37 Å². The maximum atomic E-state index is 12.0. The number of nitrogens with zero attached hydrogens (tertiary/aromatic N) is 1. The van der Waals surface area contributed by atoms with Crippen molar-refractivity contribution in [1.29, 1.82) is 0 Å². The second-order valence-electron chi connectivity index (χ2n) is 1.33. The van der Waals surface area contributed by atoms with E-state index < -0.39 is 11.8 Å². The van der Waals surface area contributed by atoms with Crippen LogP contribution in [0.3, 0.4) is 0 Å². The fraction of sp³-hybridized carbons (Fsp3) is 0. The molecule has 0 aliphatic carbocycles. The van der Waals surface area contributed by atoms with Crippen LogP contribution in [0.15, 0.2) is 10.7 Å². The quantitative estimate of drug-likeness (QED) is 0.573. The Balaban J connectivity index is 3.17. The van der Waals surface area contributed by atoms with Gasteiger partial charge in [0.15, 0.2) is 5.82 Å². The summed E-state index contributed by atoms with van der Waals surface area (Å²) in [5.41, 5.74) is 0. The van der Waals surface area contributed by atoms with E-state index in [2.05, 4.69) is 27.0 Å². The number of rotatable bonds is 0. The van der Waals surface area contributed by atoms with Crippen molar-refractivity contribution in [3.05, 3.63) is 28.5 Å². The van der Waals surface area contributed by atoms with E-state index in [0.29, 0.717) is 0 Å². The average molecular weight is 193 g/mol. The molecule has 0 aliphatic rings. The average Bonchev–Trinajstić information content (AvgIpc) is 1.80. The smallest absolute Gasteiger partial charge is 0.209 e. The first-order chi connectivity index (χ1) is 4.20. The third-order valence-corrected chi connectivity index (χ3v) is 1.12. The molecule has 47 valence electrons. The predicted octanol–water partition coefficient (Wildman–Crippen LogP) is 1.92. The van der Waals surface area contributed by atoms with Crippen molar-refractivity contribution in [2.45, 2.75) is 0 Å². The van der Waals surface area contributed by atoms with Crippen LogP contribution in [0.1, 0.15) is 0 Å². The Morgan fingerprint density at radius 3 is 2.67 bits per heavy atom. The predicted molar refractivity (Wildman–Crippen MR) is 30.7 cm³/mol. The largest absolute Gasteiger partial charge is 0.250 e. The molecule has 0 N–H and O–H groups in total. The molecule has 0 unspecified atom stereocenters. The summed E-state index contributed by atoms with van der Waals surface area (Å²) in [6.45, 7) is 0. The fourth-order valence-electron chi connectivity index (χ4n) is 0.354. The third-order valence-electron chi connectivity index (χ3n) is 0.711. The summed E-state index contributed by atoms with van der Waals surface area (Å²) < 4.78 is 24.2. The lowest BCUT2D eigenvalue weighted by Crippen LogP contribution is -1.87. The number of halogens is 3. The van der Waals surface area contributed by atoms with Crippen molar-refractivity contribution in [2.75, 3.05) is 0 Å². The zero-order valence-corrected chi connectivity index (χ0v) is 5.74. The van der Waals surface area contributed by atoms with Gasteiger partial charge in [0.1, 0.15) is 4.60 Å². The van der Waals surface area contributed by atoms with E-state index >= 15 is 0 Å². The minimum Gasteiger partial charge on any atom is -0.209 e. The molecule has 9 heavy (non-hydrogen) atoms. The van der Waals surface area contributed by atoms with Gasteiger partial charge >= 0.3 is 0 Å². The molecule has 0 saturated heterocycles. The molecular weight excluding hydrogens is 192 g/mol. The summed E-state index contributed by atoms with van der Waals surface area (Å²) in [4.78, 5) is 3.09. The number of hydrogen-bond donors (Lipinski definition) is 0. The van der Waals surface area contributed by atoms with Crippen molar-refractivity contribution in [3.63, 3.8) is 0 Å². The van der Waals surface area contributed by atoms with Gasteiger partial charge in [-0.1, -0.05) is 0 Å². The molecule has 0 aromatic carbocycles. The lowest BCUT2D eigenvalue weighted by Gasteiger charge is -1.88. The van der Waals surface area contributed by atoms with Crippen LogP contribution in [0.25, 0.3) is 0 Å². The van der Waals surface area contributed by atoms with Crippen LogP contribution in [0, 0.1) is 17.8 Å². The van der Waals surface area contributed by atoms with Crippen LogP contribution in [-0.4, -0.2) is 4.98 Å². The van der Waals surface area contributed by atoms with Gasteiger partial charge in [0.25, 0.3) is 0 Å². The molecule has 0 bridgehead atoms. The Morgan fingerprint density at radius 2 is 2.22 bits per heavy atom. The lowest BCUT2D eigenvalue weighted by atomic mass is 10.5. The van der Waals surface area contributed by atoms with E-state index in [1.165, 1.54) is 0 Å². The first-order valence-corrected chi connectivity index (χ1v) is 2.88. The summed E-state index contributed by atoms with van der Waals surface area (Å²) in [6, 6.07) is 3.21. The number of pyridine rings is 1. The van der Waals surface area contributed by atoms with Gasteiger partial charge in [0.05, 0.1) is 0 Å². The van der Waals surface area contributed by atoms with Crippen LogP contribution >= 0.6 is 15.9 Å². The van der Waals surface area contributed by atoms with Gasteiger partial charge < -0.3 is 0 Å². The van der Waals surface area contributed by atoms with Crippen molar-refractivity contribution in [1.82, 2.24) is 4.98 Å². The highest BCUT2D eigenvalue weighted by Crippen LogP contribution is 2.07. The minimum absolute atomic E-state index is 0.168. The molecule has 1 heterocycles. The Bertz CT molecular complexity index is 226. The second kappa shape index (κ2) is 2.39. The summed E-state index contributed by atoms with van der Waals surface area (Å²) >= 11 is 2.82. The highest BCUT2D eigenvalue weighted by atomic mass is 79.9. The lowest BCUT2D eigenvalue weighted by molar-refractivity contribution is 0.477. The second-order valence-corrected chi connectivity index (χ2v) is 2.08. The summed E-state index contributed by atoms with van der Waals surface area (Å²) in [6.07, 6.45) is 0. The first kappa shape index (κ1) is 6.61. The van der Waals surface area contributed by atoms with Crippen LogP contribution in [0.2, 0.25) is 0 Å². The van der Waals surface area contributed by atoms with E-state index in [0.717, 1.165) is 6.07 Å². The topological polar surface area (TPSA) is 12.9 Å². The van der Waals surface area contributed by atoms with Crippen LogP contribution < -0.4 is 0 Å². The molecular formula is C5HBrF2N. The summed E-state index contributed by atoms with van der Waals surface area (Å²) in [5.74, 6) is -2.10. The molecule has 0 spiro atoms. The monoisotopic (exact) mass is 192 g/mol. The van der Waals surface area contributed by atoms with E-state index in [4.69, 9.17) is 0 Å². The Morgan fingerprint density at radius 1 is 1.56 bits per heavy atom. The highest BCUT2D eigenvalue weighted by Gasteiger charge is 2.00. The first-order valence-electron chi connectivity index (χ1n) is 2.09. The number of hydrogen-bond acceptors (Lipinski definition) is 1. The maximum Gasteiger partial charge on any atom is 0.250 e. The van der Waals surface area contributed by atoms with Crippen molar-refractivity contribution < 1.29 is 8.78 Å². The Hall–Kier alpha value is -0.510. The zero-order valence-electron chi connectivity index (χ0n) is 4.16. The minimum atomic E-state index is -1.11. The van der Waals surface area contributed by atoms with Gasteiger partial charge in [0, 0.05) is 6.07 Å². The van der Waals surface area contributed by atoms with Gasteiger partial charge in [-0.05, 0) is 22.0 Å². The highest BCUT2D eigenvalue weighted by molar-refractivity contribution is 9.10. The Kier molecular flexibility index (Phi) is 1.75.